The molecule has 0 N–H and O–H groups in total. The molecule has 0 radical (unpaired) electrons. The van der Waals surface area contributed by atoms with Gasteiger partial charge in [0.25, 0.3) is 0 Å². The van der Waals surface area contributed by atoms with E-state index in [4.69, 9.17) is 11.8 Å². The second kappa shape index (κ2) is 3.39. The number of nitrogens with zero attached hydrogens (tertiary/aromatic N) is 2. The normalized spacial score (nSPS) is 8.18. The summed E-state index contributed by atoms with van der Waals surface area (Å²) in [4.78, 5) is 3.22. The molecule has 2 heteroatoms. The number of benzene rings is 1. The standard InChI is InChI=1S/C9H6N2/c1-11-7-9-4-2-3-8(5-9)6-10/h2-5H,7H2. The van der Waals surface area contributed by atoms with E-state index in [0.29, 0.717) is 12.1 Å². The van der Waals surface area contributed by atoms with Crippen LogP contribution in [0.5, 0.6) is 0 Å². The zero-order chi connectivity index (χ0) is 8.10. The van der Waals surface area contributed by atoms with Gasteiger partial charge in [-0.05, 0) is 12.1 Å². The molecule has 0 heterocycles. The predicted molar refractivity (Wildman–Crippen MR) is 41.5 cm³/mol. The molecule has 0 fully saturated rings. The average molecular weight is 142 g/mol. The van der Waals surface area contributed by atoms with Crippen LogP contribution in [0.2, 0.25) is 0 Å². The molecule has 0 unspecified atom stereocenters. The summed E-state index contributed by atoms with van der Waals surface area (Å²) in [6.45, 7) is 6.97. The quantitative estimate of drug-likeness (QED) is 0.551. The maximum absolute atomic E-state index is 8.50. The van der Waals surface area contributed by atoms with Gasteiger partial charge >= 0.3 is 0 Å². The molecule has 0 bridgehead atoms. The van der Waals surface area contributed by atoms with Crippen molar-refractivity contribution in [1.82, 2.24) is 0 Å². The van der Waals surface area contributed by atoms with Crippen LogP contribution in [0.25, 0.3) is 4.85 Å². The largest absolute Gasteiger partial charge is 0.312 e. The Morgan fingerprint density at radius 1 is 1.55 bits per heavy atom. The molecule has 0 aliphatic carbocycles. The van der Waals surface area contributed by atoms with E-state index in [2.05, 4.69) is 4.85 Å². The summed E-state index contributed by atoms with van der Waals surface area (Å²) in [5.74, 6) is 0. The molecule has 0 aliphatic rings. The molecule has 0 saturated carbocycles. The Balaban J connectivity index is 2.96. The maximum atomic E-state index is 8.50. The molecular weight excluding hydrogens is 136 g/mol. The highest BCUT2D eigenvalue weighted by Crippen LogP contribution is 2.04. The van der Waals surface area contributed by atoms with E-state index in [9.17, 15) is 0 Å². The van der Waals surface area contributed by atoms with Crippen LogP contribution in [0, 0.1) is 17.9 Å². The highest BCUT2D eigenvalue weighted by Gasteiger charge is 1.95. The van der Waals surface area contributed by atoms with Gasteiger partial charge in [0.1, 0.15) is 0 Å². The minimum absolute atomic E-state index is 0.357. The number of hydrogen-bond acceptors (Lipinski definition) is 1. The number of nitriles is 1. The lowest BCUT2D eigenvalue weighted by atomic mass is 10.1. The van der Waals surface area contributed by atoms with Crippen molar-refractivity contribution in [3.63, 3.8) is 0 Å². The van der Waals surface area contributed by atoms with Crippen molar-refractivity contribution < 1.29 is 0 Å². The van der Waals surface area contributed by atoms with Crippen LogP contribution in [0.4, 0.5) is 0 Å². The van der Waals surface area contributed by atoms with Crippen molar-refractivity contribution in [2.45, 2.75) is 6.54 Å². The van der Waals surface area contributed by atoms with E-state index in [1.165, 1.54) is 0 Å². The van der Waals surface area contributed by atoms with Gasteiger partial charge in [-0.1, -0.05) is 12.1 Å². The summed E-state index contributed by atoms with van der Waals surface area (Å²) >= 11 is 0. The maximum Gasteiger partial charge on any atom is 0.239 e. The third-order valence-electron chi connectivity index (χ3n) is 1.32. The van der Waals surface area contributed by atoms with Gasteiger partial charge < -0.3 is 4.85 Å². The highest BCUT2D eigenvalue weighted by molar-refractivity contribution is 5.33. The Morgan fingerprint density at radius 2 is 2.36 bits per heavy atom. The predicted octanol–water partition coefficient (Wildman–Crippen LogP) is 1.98. The Bertz CT molecular complexity index is 328. The van der Waals surface area contributed by atoms with Crippen LogP contribution in [-0.4, -0.2) is 0 Å². The van der Waals surface area contributed by atoms with Crippen molar-refractivity contribution in [3.05, 3.63) is 46.8 Å². The van der Waals surface area contributed by atoms with Crippen LogP contribution < -0.4 is 0 Å². The van der Waals surface area contributed by atoms with E-state index in [-0.39, 0.29) is 0 Å². The molecule has 1 aromatic carbocycles. The van der Waals surface area contributed by atoms with Gasteiger partial charge in [0.2, 0.25) is 6.54 Å². The molecular formula is C9H6N2. The first-order chi connectivity index (χ1) is 5.36. The number of rotatable bonds is 1. The Morgan fingerprint density at radius 3 is 3.00 bits per heavy atom. The fraction of sp³-hybridized carbons (Fsp3) is 0.111. The van der Waals surface area contributed by atoms with Crippen molar-refractivity contribution in [1.29, 1.82) is 5.26 Å². The fourth-order valence-electron chi connectivity index (χ4n) is 0.831. The minimum atomic E-state index is 0.357. The third-order valence-corrected chi connectivity index (χ3v) is 1.32. The molecule has 2 nitrogen and oxygen atoms in total. The van der Waals surface area contributed by atoms with E-state index in [1.807, 2.05) is 12.1 Å². The van der Waals surface area contributed by atoms with E-state index < -0.39 is 0 Å². The van der Waals surface area contributed by atoms with Gasteiger partial charge in [0.05, 0.1) is 11.6 Å². The van der Waals surface area contributed by atoms with Gasteiger partial charge in [0, 0.05) is 5.56 Å². The van der Waals surface area contributed by atoms with E-state index in [0.717, 1.165) is 5.56 Å². The van der Waals surface area contributed by atoms with Crippen LogP contribution in [0.1, 0.15) is 11.1 Å². The highest BCUT2D eigenvalue weighted by atomic mass is 14.6. The summed E-state index contributed by atoms with van der Waals surface area (Å²) in [7, 11) is 0. The molecule has 52 valence electrons. The lowest BCUT2D eigenvalue weighted by molar-refractivity contribution is 1.26. The molecule has 0 saturated heterocycles. The zero-order valence-electron chi connectivity index (χ0n) is 5.91. The topological polar surface area (TPSA) is 28.1 Å². The Labute approximate surface area is 65.5 Å². The van der Waals surface area contributed by atoms with Crippen molar-refractivity contribution >= 4 is 0 Å². The van der Waals surface area contributed by atoms with Gasteiger partial charge in [-0.3, -0.25) is 0 Å². The first-order valence-electron chi connectivity index (χ1n) is 3.19. The van der Waals surface area contributed by atoms with E-state index in [1.54, 1.807) is 18.2 Å². The molecule has 0 spiro atoms. The van der Waals surface area contributed by atoms with Crippen molar-refractivity contribution in [3.8, 4) is 6.07 Å². The van der Waals surface area contributed by atoms with Crippen LogP contribution in [0.3, 0.4) is 0 Å². The summed E-state index contributed by atoms with van der Waals surface area (Å²) < 4.78 is 0. The minimum Gasteiger partial charge on any atom is -0.312 e. The summed E-state index contributed by atoms with van der Waals surface area (Å²) in [6.07, 6.45) is 0. The van der Waals surface area contributed by atoms with Gasteiger partial charge in [-0.15, -0.1) is 0 Å². The Hall–Kier alpha value is -1.80. The van der Waals surface area contributed by atoms with Crippen molar-refractivity contribution in [2.24, 2.45) is 0 Å². The molecule has 1 rings (SSSR count). The molecule has 0 aromatic heterocycles. The van der Waals surface area contributed by atoms with Crippen molar-refractivity contribution in [2.75, 3.05) is 0 Å². The van der Waals surface area contributed by atoms with Gasteiger partial charge in [-0.2, -0.15) is 5.26 Å². The van der Waals surface area contributed by atoms with Gasteiger partial charge in [0.15, 0.2) is 0 Å². The smallest absolute Gasteiger partial charge is 0.239 e. The van der Waals surface area contributed by atoms with Crippen LogP contribution >= 0.6 is 0 Å². The monoisotopic (exact) mass is 142 g/mol. The second-order valence-electron chi connectivity index (χ2n) is 2.13. The summed E-state index contributed by atoms with van der Waals surface area (Å²) in [5, 5.41) is 8.50. The first kappa shape index (κ1) is 7.31. The molecule has 11 heavy (non-hydrogen) atoms. The first-order valence-corrected chi connectivity index (χ1v) is 3.19. The fourth-order valence-corrected chi connectivity index (χ4v) is 0.831. The Kier molecular flexibility index (Phi) is 2.25. The summed E-state index contributed by atoms with van der Waals surface area (Å²) in [5.41, 5.74) is 1.52. The van der Waals surface area contributed by atoms with Crippen LogP contribution in [-0.2, 0) is 6.54 Å². The van der Waals surface area contributed by atoms with Gasteiger partial charge in [-0.25, -0.2) is 6.57 Å². The molecule has 0 amide bonds. The zero-order valence-corrected chi connectivity index (χ0v) is 5.91. The number of hydrogen-bond donors (Lipinski definition) is 0. The average Bonchev–Trinajstić information content (AvgIpc) is 2.06. The lowest BCUT2D eigenvalue weighted by Gasteiger charge is -1.90. The molecule has 0 atom stereocenters. The SMILES string of the molecule is [C-]#[N+]Cc1cccc(C#N)c1. The second-order valence-corrected chi connectivity index (χ2v) is 2.13. The third kappa shape index (κ3) is 1.81. The molecule has 1 aromatic rings. The van der Waals surface area contributed by atoms with E-state index >= 15 is 0 Å². The lowest BCUT2D eigenvalue weighted by Crippen LogP contribution is -1.80. The van der Waals surface area contributed by atoms with Crippen LogP contribution in [0.15, 0.2) is 24.3 Å². The molecule has 0 aliphatic heterocycles. The summed E-state index contributed by atoms with van der Waals surface area (Å²) in [6, 6.07) is 9.12.